The van der Waals surface area contributed by atoms with Crippen molar-refractivity contribution >= 4 is 5.95 Å². The van der Waals surface area contributed by atoms with E-state index < -0.39 is 6.10 Å². The van der Waals surface area contributed by atoms with Crippen LogP contribution in [0.15, 0.2) is 36.7 Å². The summed E-state index contributed by atoms with van der Waals surface area (Å²) < 4.78 is 16.2. The molecule has 0 amide bonds. The second-order valence-electron chi connectivity index (χ2n) is 6.69. The largest absolute Gasteiger partial charge is 0.493 e. The average Bonchev–Trinajstić information content (AvgIpc) is 2.74. The zero-order chi connectivity index (χ0) is 19.8. The summed E-state index contributed by atoms with van der Waals surface area (Å²) in [7, 11) is 3.22. The first-order valence-corrected chi connectivity index (χ1v) is 9.40. The number of nitrogens with zero attached hydrogens (tertiary/aromatic N) is 4. The molecule has 1 aliphatic heterocycles. The highest BCUT2D eigenvalue weighted by atomic mass is 16.5. The molecule has 1 aromatic carbocycles. The Morgan fingerprint density at radius 1 is 1.04 bits per heavy atom. The third kappa shape index (κ3) is 5.54. The second kappa shape index (κ2) is 10.2. The van der Waals surface area contributed by atoms with Crippen LogP contribution in [0.1, 0.15) is 5.56 Å². The molecule has 2 heterocycles. The van der Waals surface area contributed by atoms with Crippen molar-refractivity contribution in [1.29, 1.82) is 0 Å². The molecule has 0 radical (unpaired) electrons. The maximum atomic E-state index is 10.3. The van der Waals surface area contributed by atoms with Crippen molar-refractivity contribution in [3.05, 3.63) is 42.2 Å². The van der Waals surface area contributed by atoms with Crippen LogP contribution in [0, 0.1) is 0 Å². The molecule has 0 saturated carbocycles. The van der Waals surface area contributed by atoms with Crippen LogP contribution in [0.25, 0.3) is 0 Å². The van der Waals surface area contributed by atoms with Gasteiger partial charge in [0.25, 0.3) is 0 Å². The number of β-amino-alcohol motifs (C(OH)–C–C–N with tert-alkyl or cyclic N) is 1. The molecule has 1 fully saturated rings. The van der Waals surface area contributed by atoms with Crippen molar-refractivity contribution in [1.82, 2.24) is 14.9 Å². The summed E-state index contributed by atoms with van der Waals surface area (Å²) in [5, 5.41) is 10.3. The highest BCUT2D eigenvalue weighted by molar-refractivity contribution is 5.42. The van der Waals surface area contributed by atoms with Crippen LogP contribution < -0.4 is 14.4 Å². The Hall–Kier alpha value is -2.42. The lowest BCUT2D eigenvalue weighted by atomic mass is 10.2. The fraction of sp³-hybridized carbons (Fsp3) is 0.500. The van der Waals surface area contributed by atoms with Gasteiger partial charge in [-0.3, -0.25) is 4.90 Å². The number of piperazine rings is 1. The molecule has 1 N–H and O–H groups in total. The van der Waals surface area contributed by atoms with E-state index in [1.54, 1.807) is 26.6 Å². The van der Waals surface area contributed by atoms with Crippen molar-refractivity contribution < 1.29 is 19.3 Å². The maximum Gasteiger partial charge on any atom is 0.225 e. The number of benzene rings is 1. The van der Waals surface area contributed by atoms with Gasteiger partial charge in [0.15, 0.2) is 11.5 Å². The molecule has 1 aromatic heterocycles. The van der Waals surface area contributed by atoms with Gasteiger partial charge in [-0.05, 0) is 23.8 Å². The fourth-order valence-corrected chi connectivity index (χ4v) is 3.22. The van der Waals surface area contributed by atoms with Crippen molar-refractivity contribution in [2.24, 2.45) is 0 Å². The molecule has 2 aromatic rings. The first-order chi connectivity index (χ1) is 13.7. The third-order valence-corrected chi connectivity index (χ3v) is 4.70. The van der Waals surface area contributed by atoms with E-state index in [-0.39, 0.29) is 6.61 Å². The summed E-state index contributed by atoms with van der Waals surface area (Å²) in [4.78, 5) is 13.0. The van der Waals surface area contributed by atoms with Gasteiger partial charge in [0.1, 0.15) is 0 Å². The quantitative estimate of drug-likeness (QED) is 0.686. The molecule has 8 nitrogen and oxygen atoms in total. The van der Waals surface area contributed by atoms with Gasteiger partial charge in [-0.25, -0.2) is 9.97 Å². The van der Waals surface area contributed by atoms with Crippen LogP contribution in [-0.2, 0) is 11.3 Å². The molecule has 0 bridgehead atoms. The van der Waals surface area contributed by atoms with E-state index in [1.165, 1.54) is 0 Å². The van der Waals surface area contributed by atoms with Crippen LogP contribution in [-0.4, -0.2) is 79.6 Å². The molecule has 152 valence electrons. The molecule has 0 aliphatic carbocycles. The first kappa shape index (κ1) is 20.3. The van der Waals surface area contributed by atoms with Crippen LogP contribution in [0.3, 0.4) is 0 Å². The third-order valence-electron chi connectivity index (χ3n) is 4.70. The normalized spacial score (nSPS) is 16.0. The topological polar surface area (TPSA) is 80.2 Å². The number of rotatable bonds is 9. The Balaban J connectivity index is 1.38. The van der Waals surface area contributed by atoms with Crippen molar-refractivity contribution in [2.75, 3.05) is 58.5 Å². The smallest absolute Gasteiger partial charge is 0.225 e. The first-order valence-electron chi connectivity index (χ1n) is 9.40. The van der Waals surface area contributed by atoms with Crippen molar-refractivity contribution in [3.63, 3.8) is 0 Å². The van der Waals surface area contributed by atoms with Gasteiger partial charge in [-0.2, -0.15) is 0 Å². The maximum absolute atomic E-state index is 10.3. The van der Waals surface area contributed by atoms with Gasteiger partial charge in [-0.1, -0.05) is 6.07 Å². The highest BCUT2D eigenvalue weighted by Crippen LogP contribution is 2.27. The van der Waals surface area contributed by atoms with E-state index in [0.29, 0.717) is 24.7 Å². The highest BCUT2D eigenvalue weighted by Gasteiger charge is 2.20. The number of methoxy groups -OCH3 is 2. The monoisotopic (exact) mass is 388 g/mol. The molecule has 0 unspecified atom stereocenters. The zero-order valence-electron chi connectivity index (χ0n) is 16.5. The minimum absolute atomic E-state index is 0.288. The SMILES string of the molecule is COc1ccc(COC[C@H](O)CN2CCN(c3ncccn3)CC2)cc1OC. The van der Waals surface area contributed by atoms with E-state index in [9.17, 15) is 5.11 Å². The van der Waals surface area contributed by atoms with Gasteiger partial charge in [0.05, 0.1) is 33.5 Å². The van der Waals surface area contributed by atoms with E-state index in [4.69, 9.17) is 14.2 Å². The summed E-state index contributed by atoms with van der Waals surface area (Å²) in [6, 6.07) is 7.48. The molecule has 28 heavy (non-hydrogen) atoms. The predicted molar refractivity (Wildman–Crippen MR) is 106 cm³/mol. The van der Waals surface area contributed by atoms with Gasteiger partial charge in [-0.15, -0.1) is 0 Å². The van der Waals surface area contributed by atoms with E-state index in [1.807, 2.05) is 24.3 Å². The average molecular weight is 388 g/mol. The number of aliphatic hydroxyl groups excluding tert-OH is 1. The Bertz CT molecular complexity index is 723. The van der Waals surface area contributed by atoms with Crippen molar-refractivity contribution in [3.8, 4) is 11.5 Å². The molecular weight excluding hydrogens is 360 g/mol. The molecule has 3 rings (SSSR count). The van der Waals surface area contributed by atoms with Crippen molar-refractivity contribution in [2.45, 2.75) is 12.7 Å². The predicted octanol–water partition coefficient (Wildman–Crippen LogP) is 1.19. The Labute approximate surface area is 165 Å². The van der Waals surface area contributed by atoms with E-state index >= 15 is 0 Å². The molecule has 1 aliphatic rings. The molecule has 8 heteroatoms. The van der Waals surface area contributed by atoms with Crippen LogP contribution in [0.2, 0.25) is 0 Å². The summed E-state index contributed by atoms with van der Waals surface area (Å²) in [5.74, 6) is 2.12. The number of hydrogen-bond donors (Lipinski definition) is 1. The molecule has 1 saturated heterocycles. The number of ether oxygens (including phenoxy) is 3. The Morgan fingerprint density at radius 3 is 2.43 bits per heavy atom. The number of anilines is 1. The van der Waals surface area contributed by atoms with Crippen LogP contribution in [0.4, 0.5) is 5.95 Å². The van der Waals surface area contributed by atoms with Gasteiger partial charge in [0, 0.05) is 45.1 Å². The van der Waals surface area contributed by atoms with Gasteiger partial charge >= 0.3 is 0 Å². The summed E-state index contributed by atoms with van der Waals surface area (Å²) in [5.41, 5.74) is 0.973. The number of aromatic nitrogens is 2. The second-order valence-corrected chi connectivity index (χ2v) is 6.69. The zero-order valence-corrected chi connectivity index (χ0v) is 16.5. The Kier molecular flexibility index (Phi) is 7.41. The van der Waals surface area contributed by atoms with Gasteiger partial charge in [0.2, 0.25) is 5.95 Å². The standard InChI is InChI=1S/C20H28N4O4/c1-26-18-5-4-16(12-19(18)27-2)14-28-15-17(25)13-23-8-10-24(11-9-23)20-21-6-3-7-22-20/h3-7,12,17,25H,8-11,13-15H2,1-2H3/t17-/m1/s1. The summed E-state index contributed by atoms with van der Waals surface area (Å²) >= 11 is 0. The molecular formula is C20H28N4O4. The lowest BCUT2D eigenvalue weighted by molar-refractivity contribution is 0.00905. The lowest BCUT2D eigenvalue weighted by Crippen LogP contribution is -2.49. The van der Waals surface area contributed by atoms with Crippen LogP contribution in [0.5, 0.6) is 11.5 Å². The van der Waals surface area contributed by atoms with Gasteiger partial charge < -0.3 is 24.2 Å². The summed E-state index contributed by atoms with van der Waals surface area (Å²) in [6.07, 6.45) is 2.99. The Morgan fingerprint density at radius 2 is 1.75 bits per heavy atom. The lowest BCUT2D eigenvalue weighted by Gasteiger charge is -2.35. The number of aliphatic hydroxyl groups is 1. The van der Waals surface area contributed by atoms with E-state index in [2.05, 4.69) is 19.8 Å². The fourth-order valence-electron chi connectivity index (χ4n) is 3.22. The molecule has 0 spiro atoms. The number of hydrogen-bond acceptors (Lipinski definition) is 8. The van der Waals surface area contributed by atoms with Crippen LogP contribution >= 0.6 is 0 Å². The molecule has 1 atom stereocenters. The minimum Gasteiger partial charge on any atom is -0.493 e. The van der Waals surface area contributed by atoms with E-state index in [0.717, 1.165) is 37.7 Å². The summed E-state index contributed by atoms with van der Waals surface area (Å²) in [6.45, 7) is 4.73. The minimum atomic E-state index is -0.528.